The first-order valence-electron chi connectivity index (χ1n) is 12.4. The van der Waals surface area contributed by atoms with Gasteiger partial charge in [-0.1, -0.05) is 37.5 Å². The third-order valence-corrected chi connectivity index (χ3v) is 7.49. The molecule has 0 aliphatic heterocycles. The smallest absolute Gasteiger partial charge is 0.248 e. The number of benzene rings is 2. The van der Waals surface area contributed by atoms with E-state index in [1.807, 2.05) is 29.6 Å². The van der Waals surface area contributed by atoms with Crippen LogP contribution in [0.25, 0.3) is 0 Å². The average molecular weight is 505 g/mol. The lowest BCUT2D eigenvalue weighted by Gasteiger charge is -2.33. The average Bonchev–Trinajstić information content (AvgIpc) is 3.41. The zero-order chi connectivity index (χ0) is 25.5. The molecule has 1 N–H and O–H groups in total. The standard InChI is InChI=1S/C29H32N2O4S/c1-20(32)21-10-14-24(15-11-21)31(27(33)19-26-9-6-18-36-26)28(22-12-16-25(35-2)17-13-22)29(34)30-23-7-4-3-5-8-23/h6,9-18,23,28H,3-5,7-8,19H2,1-2H3,(H,30,34). The van der Waals surface area contributed by atoms with E-state index in [4.69, 9.17) is 4.74 Å². The number of carbonyl (C=O) groups is 3. The molecule has 1 atom stereocenters. The predicted octanol–water partition coefficient (Wildman–Crippen LogP) is 5.73. The van der Waals surface area contributed by atoms with Crippen LogP contribution >= 0.6 is 11.3 Å². The highest BCUT2D eigenvalue weighted by atomic mass is 32.1. The largest absolute Gasteiger partial charge is 0.497 e. The van der Waals surface area contributed by atoms with E-state index < -0.39 is 6.04 Å². The van der Waals surface area contributed by atoms with Crippen LogP contribution in [0, 0.1) is 0 Å². The van der Waals surface area contributed by atoms with E-state index in [1.165, 1.54) is 24.7 Å². The fraction of sp³-hybridized carbons (Fsp3) is 0.345. The molecule has 0 bridgehead atoms. The highest BCUT2D eigenvalue weighted by Gasteiger charge is 2.34. The number of methoxy groups -OCH3 is 1. The highest BCUT2D eigenvalue weighted by molar-refractivity contribution is 7.10. The number of carbonyl (C=O) groups excluding carboxylic acids is 3. The number of rotatable bonds is 9. The van der Waals surface area contributed by atoms with Gasteiger partial charge in [0.25, 0.3) is 0 Å². The van der Waals surface area contributed by atoms with Gasteiger partial charge >= 0.3 is 0 Å². The maximum atomic E-state index is 13.9. The minimum atomic E-state index is -0.867. The molecule has 1 fully saturated rings. The predicted molar refractivity (Wildman–Crippen MR) is 143 cm³/mol. The quantitative estimate of drug-likeness (QED) is 0.378. The fourth-order valence-electron chi connectivity index (χ4n) is 4.67. The van der Waals surface area contributed by atoms with Gasteiger partial charge in [-0.3, -0.25) is 19.3 Å². The van der Waals surface area contributed by atoms with Crippen molar-refractivity contribution < 1.29 is 19.1 Å². The van der Waals surface area contributed by atoms with Gasteiger partial charge in [0.1, 0.15) is 11.8 Å². The molecule has 7 heteroatoms. The molecule has 0 saturated heterocycles. The van der Waals surface area contributed by atoms with Crippen molar-refractivity contribution in [3.05, 3.63) is 82.0 Å². The van der Waals surface area contributed by atoms with Crippen molar-refractivity contribution in [3.8, 4) is 5.75 Å². The molecule has 1 heterocycles. The van der Waals surface area contributed by atoms with Crippen LogP contribution in [0.4, 0.5) is 5.69 Å². The summed E-state index contributed by atoms with van der Waals surface area (Å²) in [5.41, 5.74) is 1.82. The summed E-state index contributed by atoms with van der Waals surface area (Å²) in [6.45, 7) is 1.51. The van der Waals surface area contributed by atoms with E-state index in [9.17, 15) is 14.4 Å². The van der Waals surface area contributed by atoms with E-state index in [-0.39, 0.29) is 30.1 Å². The van der Waals surface area contributed by atoms with Crippen molar-refractivity contribution in [2.75, 3.05) is 12.0 Å². The van der Waals surface area contributed by atoms with Gasteiger partial charge in [0.15, 0.2) is 5.78 Å². The Hall–Kier alpha value is -3.45. The van der Waals surface area contributed by atoms with E-state index in [0.717, 1.165) is 30.6 Å². The number of hydrogen-bond acceptors (Lipinski definition) is 5. The van der Waals surface area contributed by atoms with Crippen LogP contribution in [0.2, 0.25) is 0 Å². The molecule has 3 aromatic rings. The second-order valence-corrected chi connectivity index (χ2v) is 10.2. The fourth-order valence-corrected chi connectivity index (χ4v) is 5.37. The molecular formula is C29H32N2O4S. The van der Waals surface area contributed by atoms with Crippen molar-refractivity contribution in [1.82, 2.24) is 5.32 Å². The molecular weight excluding hydrogens is 472 g/mol. The van der Waals surface area contributed by atoms with Gasteiger partial charge in [-0.05, 0) is 73.2 Å². The van der Waals surface area contributed by atoms with E-state index in [2.05, 4.69) is 5.32 Å². The van der Waals surface area contributed by atoms with Crippen LogP contribution in [-0.4, -0.2) is 30.7 Å². The summed E-state index contributed by atoms with van der Waals surface area (Å²) in [5.74, 6) is 0.224. The molecule has 1 unspecified atom stereocenters. The summed E-state index contributed by atoms with van der Waals surface area (Å²) in [5, 5.41) is 5.16. The summed E-state index contributed by atoms with van der Waals surface area (Å²) >= 11 is 1.51. The Balaban J connectivity index is 1.75. The number of hydrogen-bond donors (Lipinski definition) is 1. The van der Waals surface area contributed by atoms with Crippen molar-refractivity contribution in [3.63, 3.8) is 0 Å². The molecule has 1 aliphatic rings. The van der Waals surface area contributed by atoms with Crippen molar-refractivity contribution in [2.45, 2.75) is 57.5 Å². The summed E-state index contributed by atoms with van der Waals surface area (Å²) in [6.07, 6.45) is 5.42. The van der Waals surface area contributed by atoms with Gasteiger partial charge < -0.3 is 10.1 Å². The Labute approximate surface area is 216 Å². The highest BCUT2D eigenvalue weighted by Crippen LogP contribution is 2.31. The van der Waals surface area contributed by atoms with Crippen LogP contribution in [0.15, 0.2) is 66.0 Å². The monoisotopic (exact) mass is 504 g/mol. The molecule has 4 rings (SSSR count). The maximum absolute atomic E-state index is 13.9. The Morgan fingerprint density at radius 1 is 1.00 bits per heavy atom. The van der Waals surface area contributed by atoms with Crippen molar-refractivity contribution in [1.29, 1.82) is 0 Å². The van der Waals surface area contributed by atoms with E-state index in [1.54, 1.807) is 48.4 Å². The number of nitrogens with zero attached hydrogens (tertiary/aromatic N) is 1. The van der Waals surface area contributed by atoms with Gasteiger partial charge in [-0.2, -0.15) is 0 Å². The Morgan fingerprint density at radius 2 is 1.69 bits per heavy atom. The molecule has 0 radical (unpaired) electrons. The summed E-state index contributed by atoms with van der Waals surface area (Å²) in [4.78, 5) is 42.1. The zero-order valence-electron chi connectivity index (χ0n) is 20.7. The molecule has 36 heavy (non-hydrogen) atoms. The lowest BCUT2D eigenvalue weighted by atomic mass is 9.94. The number of ether oxygens (including phenoxy) is 1. The Kier molecular flexibility index (Phi) is 8.54. The Bertz CT molecular complexity index is 1170. The van der Waals surface area contributed by atoms with Crippen LogP contribution in [-0.2, 0) is 16.0 Å². The Morgan fingerprint density at radius 3 is 2.28 bits per heavy atom. The summed E-state index contributed by atoms with van der Waals surface area (Å²) in [6, 6.07) is 17.2. The second kappa shape index (κ2) is 12.0. The van der Waals surface area contributed by atoms with Gasteiger partial charge in [-0.25, -0.2) is 0 Å². The van der Waals surface area contributed by atoms with Gasteiger partial charge in [0.2, 0.25) is 11.8 Å². The first-order chi connectivity index (χ1) is 17.5. The van der Waals surface area contributed by atoms with Gasteiger partial charge in [-0.15, -0.1) is 11.3 Å². The lowest BCUT2D eigenvalue weighted by Crippen LogP contribution is -2.47. The van der Waals surface area contributed by atoms with Crippen LogP contribution in [0.3, 0.4) is 0 Å². The number of Topliss-reactive ketones (excluding diaryl/α,β-unsaturated/α-hetero) is 1. The molecule has 2 aromatic carbocycles. The van der Waals surface area contributed by atoms with Crippen LogP contribution < -0.4 is 15.0 Å². The lowest BCUT2D eigenvalue weighted by molar-refractivity contribution is -0.127. The third kappa shape index (κ3) is 6.21. The summed E-state index contributed by atoms with van der Waals surface area (Å²) < 4.78 is 5.32. The molecule has 1 aromatic heterocycles. The molecule has 0 spiro atoms. The normalized spacial score (nSPS) is 14.6. The van der Waals surface area contributed by atoms with Crippen LogP contribution in [0.5, 0.6) is 5.75 Å². The molecule has 2 amide bonds. The molecule has 188 valence electrons. The molecule has 6 nitrogen and oxygen atoms in total. The number of amides is 2. The number of anilines is 1. The SMILES string of the molecule is COc1ccc(C(C(=O)NC2CCCCC2)N(C(=O)Cc2cccs2)c2ccc(C(C)=O)cc2)cc1. The minimum absolute atomic E-state index is 0.0558. The molecule has 1 aliphatic carbocycles. The molecule has 1 saturated carbocycles. The van der Waals surface area contributed by atoms with Gasteiger partial charge in [0.05, 0.1) is 13.5 Å². The first kappa shape index (κ1) is 25.6. The van der Waals surface area contributed by atoms with E-state index in [0.29, 0.717) is 22.6 Å². The minimum Gasteiger partial charge on any atom is -0.497 e. The van der Waals surface area contributed by atoms with E-state index >= 15 is 0 Å². The topological polar surface area (TPSA) is 75.7 Å². The summed E-state index contributed by atoms with van der Waals surface area (Å²) in [7, 11) is 1.59. The zero-order valence-corrected chi connectivity index (χ0v) is 21.6. The maximum Gasteiger partial charge on any atom is 0.248 e. The number of thiophene rings is 1. The number of ketones is 1. The third-order valence-electron chi connectivity index (χ3n) is 6.62. The first-order valence-corrected chi connectivity index (χ1v) is 13.2. The van der Waals surface area contributed by atoms with Gasteiger partial charge in [0, 0.05) is 22.2 Å². The second-order valence-electron chi connectivity index (χ2n) is 9.14. The number of nitrogens with one attached hydrogen (secondary N) is 1. The van der Waals surface area contributed by atoms with Crippen LogP contribution in [0.1, 0.15) is 65.9 Å². The van der Waals surface area contributed by atoms with Crippen molar-refractivity contribution >= 4 is 34.6 Å². The van der Waals surface area contributed by atoms with Crippen molar-refractivity contribution in [2.24, 2.45) is 0 Å².